The van der Waals surface area contributed by atoms with Crippen molar-refractivity contribution in [3.8, 4) is 6.07 Å². The van der Waals surface area contributed by atoms with Gasteiger partial charge in [0.15, 0.2) is 5.69 Å². The molecule has 0 saturated carbocycles. The smallest absolute Gasteiger partial charge is 0.278 e. The van der Waals surface area contributed by atoms with E-state index in [1.807, 2.05) is 29.2 Å². The number of aromatic nitrogens is 2. The number of piperidine rings is 1. The summed E-state index contributed by atoms with van der Waals surface area (Å²) in [5.74, 6) is -0.201. The summed E-state index contributed by atoms with van der Waals surface area (Å²) in [6.07, 6.45) is 3.59. The molecule has 7 nitrogen and oxygen atoms in total. The number of fused-ring (bicyclic) bond motifs is 1. The number of likely N-dealkylation sites (tertiary alicyclic amines) is 1. The summed E-state index contributed by atoms with van der Waals surface area (Å²) in [5, 5.41) is 16.3. The highest BCUT2D eigenvalue weighted by Gasteiger charge is 2.32. The minimum Gasteiger partial charge on any atom is -0.330 e. The standard InChI is InChI=1S/C25H23N5O2/c26-16-17-8-10-19(11-9-17)24(31)29-13-4-3-7-23(29)20-15-21(28-27-20)25(32)30-14-12-18-5-1-2-6-22(18)30/h1-2,5-6,8-11,15,23H,3-4,7,12-14H2,(H,27,28). The Labute approximate surface area is 186 Å². The number of carbonyl (C=O) groups excluding carboxylic acids is 2. The van der Waals surface area contributed by atoms with Crippen LogP contribution in [0.15, 0.2) is 54.6 Å². The Bertz CT molecular complexity index is 1210. The van der Waals surface area contributed by atoms with E-state index in [9.17, 15) is 9.59 Å². The van der Waals surface area contributed by atoms with E-state index in [-0.39, 0.29) is 17.9 Å². The third-order valence-corrected chi connectivity index (χ3v) is 6.33. The zero-order valence-electron chi connectivity index (χ0n) is 17.6. The van der Waals surface area contributed by atoms with Crippen LogP contribution in [0.4, 0.5) is 5.69 Å². The van der Waals surface area contributed by atoms with E-state index in [4.69, 9.17) is 5.26 Å². The topological polar surface area (TPSA) is 93.1 Å². The second-order valence-corrected chi connectivity index (χ2v) is 8.24. The van der Waals surface area contributed by atoms with Gasteiger partial charge in [0.25, 0.3) is 11.8 Å². The van der Waals surface area contributed by atoms with Crippen LogP contribution in [0.2, 0.25) is 0 Å². The molecule has 0 aliphatic carbocycles. The van der Waals surface area contributed by atoms with Crippen molar-refractivity contribution in [2.75, 3.05) is 18.0 Å². The van der Waals surface area contributed by atoms with Gasteiger partial charge < -0.3 is 9.80 Å². The predicted molar refractivity (Wildman–Crippen MR) is 119 cm³/mol. The number of carbonyl (C=O) groups is 2. The molecular formula is C25H23N5O2. The summed E-state index contributed by atoms with van der Waals surface area (Å²) in [4.78, 5) is 30.0. The first-order chi connectivity index (χ1) is 15.7. The third-order valence-electron chi connectivity index (χ3n) is 6.33. The van der Waals surface area contributed by atoms with Crippen molar-refractivity contribution < 1.29 is 9.59 Å². The van der Waals surface area contributed by atoms with Crippen LogP contribution in [-0.2, 0) is 6.42 Å². The molecule has 3 aromatic rings. The minimum absolute atomic E-state index is 0.0739. The van der Waals surface area contributed by atoms with Gasteiger partial charge in [-0.3, -0.25) is 14.7 Å². The van der Waals surface area contributed by atoms with Crippen molar-refractivity contribution in [3.05, 3.63) is 82.7 Å². The molecular weight excluding hydrogens is 402 g/mol. The molecule has 32 heavy (non-hydrogen) atoms. The van der Waals surface area contributed by atoms with Crippen LogP contribution in [0.1, 0.15) is 63.0 Å². The number of hydrogen-bond acceptors (Lipinski definition) is 4. The van der Waals surface area contributed by atoms with E-state index in [0.717, 1.165) is 37.1 Å². The average Bonchev–Trinajstić information content (AvgIpc) is 3.51. The Morgan fingerprint density at radius 3 is 2.66 bits per heavy atom. The van der Waals surface area contributed by atoms with Gasteiger partial charge in [0, 0.05) is 24.3 Å². The minimum atomic E-state index is -0.160. The van der Waals surface area contributed by atoms with Crippen molar-refractivity contribution >= 4 is 17.5 Å². The zero-order chi connectivity index (χ0) is 22.1. The maximum Gasteiger partial charge on any atom is 0.278 e. The van der Waals surface area contributed by atoms with E-state index in [1.54, 1.807) is 35.2 Å². The van der Waals surface area contributed by atoms with Crippen LogP contribution in [0.3, 0.4) is 0 Å². The number of para-hydroxylation sites is 1. The van der Waals surface area contributed by atoms with Gasteiger partial charge in [-0.2, -0.15) is 10.4 Å². The van der Waals surface area contributed by atoms with Crippen LogP contribution < -0.4 is 4.90 Å². The molecule has 0 spiro atoms. The van der Waals surface area contributed by atoms with Gasteiger partial charge in [-0.15, -0.1) is 0 Å². The van der Waals surface area contributed by atoms with Crippen molar-refractivity contribution in [2.24, 2.45) is 0 Å². The number of benzene rings is 2. The van der Waals surface area contributed by atoms with Crippen LogP contribution >= 0.6 is 0 Å². The van der Waals surface area contributed by atoms with Gasteiger partial charge in [-0.25, -0.2) is 0 Å². The van der Waals surface area contributed by atoms with E-state index < -0.39 is 0 Å². The monoisotopic (exact) mass is 425 g/mol. The molecule has 7 heteroatoms. The Kier molecular flexibility index (Phi) is 5.20. The molecule has 1 N–H and O–H groups in total. The number of anilines is 1. The molecule has 160 valence electrons. The third kappa shape index (κ3) is 3.54. The molecule has 1 unspecified atom stereocenters. The lowest BCUT2D eigenvalue weighted by Crippen LogP contribution is -2.38. The first-order valence-corrected chi connectivity index (χ1v) is 10.9. The largest absolute Gasteiger partial charge is 0.330 e. The van der Waals surface area contributed by atoms with Gasteiger partial charge >= 0.3 is 0 Å². The first-order valence-electron chi connectivity index (χ1n) is 10.9. The van der Waals surface area contributed by atoms with E-state index in [1.165, 1.54) is 5.56 Å². The highest BCUT2D eigenvalue weighted by atomic mass is 16.2. The van der Waals surface area contributed by atoms with Crippen LogP contribution in [0.25, 0.3) is 0 Å². The predicted octanol–water partition coefficient (Wildman–Crippen LogP) is 3.85. The highest BCUT2D eigenvalue weighted by molar-refractivity contribution is 6.06. The molecule has 1 saturated heterocycles. The van der Waals surface area contributed by atoms with Gasteiger partial charge in [0.2, 0.25) is 0 Å². The fraction of sp³-hybridized carbons (Fsp3) is 0.280. The van der Waals surface area contributed by atoms with E-state index in [2.05, 4.69) is 16.3 Å². The van der Waals surface area contributed by atoms with Crippen molar-refractivity contribution in [1.82, 2.24) is 15.1 Å². The SMILES string of the molecule is N#Cc1ccc(C(=O)N2CCCCC2c2cc(C(=O)N3CCc4ccccc43)n[nH]2)cc1. The Hall–Kier alpha value is -3.92. The van der Waals surface area contributed by atoms with Crippen LogP contribution in [0.5, 0.6) is 0 Å². The average molecular weight is 425 g/mol. The Morgan fingerprint density at radius 1 is 1.03 bits per heavy atom. The Morgan fingerprint density at radius 2 is 1.84 bits per heavy atom. The van der Waals surface area contributed by atoms with Gasteiger partial charge in [-0.05, 0) is 67.6 Å². The molecule has 1 atom stereocenters. The summed E-state index contributed by atoms with van der Waals surface area (Å²) in [7, 11) is 0. The maximum absolute atomic E-state index is 13.2. The summed E-state index contributed by atoms with van der Waals surface area (Å²) in [5.41, 5.74) is 4.34. The number of nitrogens with one attached hydrogen (secondary N) is 1. The second kappa shape index (κ2) is 8.31. The molecule has 2 amide bonds. The lowest BCUT2D eigenvalue weighted by atomic mass is 9.97. The number of nitrogens with zero attached hydrogens (tertiary/aromatic N) is 4. The van der Waals surface area contributed by atoms with Crippen LogP contribution in [-0.4, -0.2) is 40.0 Å². The molecule has 3 heterocycles. The zero-order valence-corrected chi connectivity index (χ0v) is 17.6. The molecule has 1 fully saturated rings. The lowest BCUT2D eigenvalue weighted by molar-refractivity contribution is 0.0606. The fourth-order valence-corrected chi connectivity index (χ4v) is 4.66. The van der Waals surface area contributed by atoms with Crippen molar-refractivity contribution in [3.63, 3.8) is 0 Å². The second-order valence-electron chi connectivity index (χ2n) is 8.24. The van der Waals surface area contributed by atoms with Gasteiger partial charge in [0.1, 0.15) is 0 Å². The molecule has 5 rings (SSSR count). The van der Waals surface area contributed by atoms with Crippen LogP contribution in [0, 0.1) is 11.3 Å². The lowest BCUT2D eigenvalue weighted by Gasteiger charge is -2.35. The number of rotatable bonds is 3. The number of nitriles is 1. The molecule has 0 radical (unpaired) electrons. The number of hydrogen-bond donors (Lipinski definition) is 1. The summed E-state index contributed by atoms with van der Waals surface area (Å²) < 4.78 is 0. The molecule has 1 aromatic heterocycles. The Balaban J connectivity index is 1.37. The summed E-state index contributed by atoms with van der Waals surface area (Å²) in [6.45, 7) is 1.29. The fourth-order valence-electron chi connectivity index (χ4n) is 4.66. The van der Waals surface area contributed by atoms with Gasteiger partial charge in [-0.1, -0.05) is 18.2 Å². The van der Waals surface area contributed by atoms with E-state index >= 15 is 0 Å². The number of H-pyrrole nitrogens is 1. The molecule has 2 aromatic carbocycles. The molecule has 2 aliphatic heterocycles. The number of aromatic amines is 1. The summed E-state index contributed by atoms with van der Waals surface area (Å²) in [6, 6.07) is 18.4. The summed E-state index contributed by atoms with van der Waals surface area (Å²) >= 11 is 0. The van der Waals surface area contributed by atoms with E-state index in [0.29, 0.717) is 29.9 Å². The molecule has 2 aliphatic rings. The number of amides is 2. The van der Waals surface area contributed by atoms with Crippen molar-refractivity contribution in [2.45, 2.75) is 31.7 Å². The van der Waals surface area contributed by atoms with Crippen molar-refractivity contribution in [1.29, 1.82) is 5.26 Å². The normalized spacial score (nSPS) is 17.7. The van der Waals surface area contributed by atoms with Gasteiger partial charge in [0.05, 0.1) is 23.4 Å². The first kappa shape index (κ1) is 20.0. The maximum atomic E-state index is 13.2. The quantitative estimate of drug-likeness (QED) is 0.690. The highest BCUT2D eigenvalue weighted by Crippen LogP contribution is 2.33. The molecule has 0 bridgehead atoms.